The maximum Gasteiger partial charge on any atom is 0.253 e. The first-order valence-corrected chi connectivity index (χ1v) is 7.08. The highest BCUT2D eigenvalue weighted by Crippen LogP contribution is 2.20. The zero-order chi connectivity index (χ0) is 13.1. The SMILES string of the molecule is CSC(C)CNC(=O)c1c[nH]c2ccc(N)cc12. The van der Waals surface area contributed by atoms with Gasteiger partial charge in [-0.25, -0.2) is 0 Å². The van der Waals surface area contributed by atoms with Crippen molar-refractivity contribution >= 4 is 34.3 Å². The first-order valence-electron chi connectivity index (χ1n) is 5.79. The van der Waals surface area contributed by atoms with Crippen LogP contribution < -0.4 is 11.1 Å². The normalized spacial score (nSPS) is 12.6. The van der Waals surface area contributed by atoms with Crippen LogP contribution in [0.3, 0.4) is 0 Å². The van der Waals surface area contributed by atoms with Crippen molar-refractivity contribution in [2.24, 2.45) is 0 Å². The van der Waals surface area contributed by atoms with Crippen LogP contribution in [0.4, 0.5) is 5.69 Å². The van der Waals surface area contributed by atoms with E-state index in [4.69, 9.17) is 5.73 Å². The molecule has 0 aliphatic carbocycles. The number of rotatable bonds is 4. The van der Waals surface area contributed by atoms with Gasteiger partial charge in [0.25, 0.3) is 5.91 Å². The summed E-state index contributed by atoms with van der Waals surface area (Å²) >= 11 is 1.73. The van der Waals surface area contributed by atoms with Gasteiger partial charge in [0.2, 0.25) is 0 Å². The van der Waals surface area contributed by atoms with E-state index in [1.807, 2.05) is 24.5 Å². The summed E-state index contributed by atoms with van der Waals surface area (Å²) in [6.07, 6.45) is 3.76. The molecule has 2 rings (SSSR count). The fraction of sp³-hybridized carbons (Fsp3) is 0.308. The first-order chi connectivity index (χ1) is 8.61. The molecule has 0 saturated heterocycles. The van der Waals surface area contributed by atoms with Crippen molar-refractivity contribution in [1.82, 2.24) is 10.3 Å². The molecule has 0 spiro atoms. The first kappa shape index (κ1) is 12.8. The quantitative estimate of drug-likeness (QED) is 0.741. The highest BCUT2D eigenvalue weighted by molar-refractivity contribution is 7.99. The third kappa shape index (κ3) is 2.61. The summed E-state index contributed by atoms with van der Waals surface area (Å²) in [5, 5.41) is 4.20. The maximum absolute atomic E-state index is 12.1. The lowest BCUT2D eigenvalue weighted by Gasteiger charge is -2.09. The van der Waals surface area contributed by atoms with E-state index in [9.17, 15) is 4.79 Å². The van der Waals surface area contributed by atoms with Crippen LogP contribution in [-0.4, -0.2) is 28.9 Å². The van der Waals surface area contributed by atoms with Crippen molar-refractivity contribution in [3.63, 3.8) is 0 Å². The predicted molar refractivity (Wildman–Crippen MR) is 78.0 cm³/mol. The van der Waals surface area contributed by atoms with Crippen LogP contribution in [0.2, 0.25) is 0 Å². The van der Waals surface area contributed by atoms with Crippen molar-refractivity contribution in [3.05, 3.63) is 30.0 Å². The summed E-state index contributed by atoms with van der Waals surface area (Å²) in [4.78, 5) is 15.1. The number of nitrogens with one attached hydrogen (secondary N) is 2. The molecule has 96 valence electrons. The number of hydrogen-bond donors (Lipinski definition) is 3. The number of thioether (sulfide) groups is 1. The highest BCUT2D eigenvalue weighted by Gasteiger charge is 2.12. The number of aromatic amines is 1. The molecule has 1 atom stereocenters. The molecule has 4 N–H and O–H groups in total. The topological polar surface area (TPSA) is 70.9 Å². The smallest absolute Gasteiger partial charge is 0.253 e. The minimum atomic E-state index is -0.0623. The molecular formula is C13H17N3OS. The molecule has 1 heterocycles. The van der Waals surface area contributed by atoms with Crippen LogP contribution in [0.5, 0.6) is 0 Å². The molecule has 1 aromatic heterocycles. The molecule has 1 amide bonds. The number of H-pyrrole nitrogens is 1. The molecular weight excluding hydrogens is 246 g/mol. The largest absolute Gasteiger partial charge is 0.399 e. The van der Waals surface area contributed by atoms with E-state index < -0.39 is 0 Å². The molecule has 2 aromatic rings. The zero-order valence-electron chi connectivity index (χ0n) is 10.5. The van der Waals surface area contributed by atoms with Crippen LogP contribution >= 0.6 is 11.8 Å². The number of anilines is 1. The number of nitrogens with two attached hydrogens (primary N) is 1. The fourth-order valence-electron chi connectivity index (χ4n) is 1.74. The Balaban J connectivity index is 2.20. The standard InChI is InChI=1S/C13H17N3OS/c1-8(18-2)6-16-13(17)11-7-15-12-4-3-9(14)5-10(11)12/h3-5,7-8,15H,6,14H2,1-2H3,(H,16,17). The third-order valence-corrected chi connectivity index (χ3v) is 3.87. The van der Waals surface area contributed by atoms with Gasteiger partial charge in [0, 0.05) is 34.6 Å². The average molecular weight is 263 g/mol. The summed E-state index contributed by atoms with van der Waals surface area (Å²) in [7, 11) is 0. The zero-order valence-corrected chi connectivity index (χ0v) is 11.3. The van der Waals surface area contributed by atoms with Gasteiger partial charge >= 0.3 is 0 Å². The molecule has 0 saturated carbocycles. The Kier molecular flexibility index (Phi) is 3.81. The molecule has 18 heavy (non-hydrogen) atoms. The second-order valence-electron chi connectivity index (χ2n) is 4.26. The lowest BCUT2D eigenvalue weighted by atomic mass is 10.1. The Morgan fingerprint density at radius 1 is 1.56 bits per heavy atom. The van der Waals surface area contributed by atoms with Crippen molar-refractivity contribution in [2.75, 3.05) is 18.5 Å². The number of aromatic nitrogens is 1. The van der Waals surface area contributed by atoms with Gasteiger partial charge in [0.05, 0.1) is 5.56 Å². The third-order valence-electron chi connectivity index (χ3n) is 2.90. The number of carbonyl (C=O) groups is 1. The van der Waals surface area contributed by atoms with Gasteiger partial charge in [0.15, 0.2) is 0 Å². The maximum atomic E-state index is 12.1. The lowest BCUT2D eigenvalue weighted by molar-refractivity contribution is 0.0956. The van der Waals surface area contributed by atoms with Crippen LogP contribution in [-0.2, 0) is 0 Å². The Morgan fingerprint density at radius 3 is 3.06 bits per heavy atom. The number of fused-ring (bicyclic) bond motifs is 1. The molecule has 0 aliphatic heterocycles. The van der Waals surface area contributed by atoms with E-state index in [0.29, 0.717) is 23.0 Å². The summed E-state index contributed by atoms with van der Waals surface area (Å²) in [5.74, 6) is -0.0623. The van der Waals surface area contributed by atoms with E-state index in [1.165, 1.54) is 0 Å². The molecule has 4 nitrogen and oxygen atoms in total. The van der Waals surface area contributed by atoms with Crippen molar-refractivity contribution in [1.29, 1.82) is 0 Å². The number of carbonyl (C=O) groups excluding carboxylic acids is 1. The van der Waals surface area contributed by atoms with E-state index in [1.54, 1.807) is 18.0 Å². The number of amides is 1. The van der Waals surface area contributed by atoms with Gasteiger partial charge in [-0.05, 0) is 24.5 Å². The Labute approximate surface area is 110 Å². The highest BCUT2D eigenvalue weighted by atomic mass is 32.2. The van der Waals surface area contributed by atoms with Crippen molar-refractivity contribution in [3.8, 4) is 0 Å². The molecule has 0 bridgehead atoms. The van der Waals surface area contributed by atoms with Gasteiger partial charge in [-0.2, -0.15) is 11.8 Å². The summed E-state index contributed by atoms with van der Waals surface area (Å²) in [6.45, 7) is 2.74. The van der Waals surface area contributed by atoms with E-state index in [0.717, 1.165) is 10.9 Å². The van der Waals surface area contributed by atoms with Gasteiger partial charge in [-0.1, -0.05) is 6.92 Å². The monoisotopic (exact) mass is 263 g/mol. The minimum absolute atomic E-state index is 0.0623. The Hall–Kier alpha value is -1.62. The number of nitrogen functional groups attached to an aromatic ring is 1. The second kappa shape index (κ2) is 5.35. The lowest BCUT2D eigenvalue weighted by Crippen LogP contribution is -2.29. The Morgan fingerprint density at radius 2 is 2.33 bits per heavy atom. The van der Waals surface area contributed by atoms with Crippen LogP contribution in [0, 0.1) is 0 Å². The van der Waals surface area contributed by atoms with Gasteiger partial charge in [0.1, 0.15) is 0 Å². The molecule has 0 aliphatic rings. The van der Waals surface area contributed by atoms with Crippen LogP contribution in [0.1, 0.15) is 17.3 Å². The summed E-state index contributed by atoms with van der Waals surface area (Å²) < 4.78 is 0. The second-order valence-corrected chi connectivity index (χ2v) is 5.54. The predicted octanol–water partition coefficient (Wildman–Crippen LogP) is 2.23. The van der Waals surface area contributed by atoms with Gasteiger partial charge in [-0.15, -0.1) is 0 Å². The molecule has 5 heteroatoms. The molecule has 1 aromatic carbocycles. The minimum Gasteiger partial charge on any atom is -0.399 e. The Bertz CT molecular complexity index is 564. The van der Waals surface area contributed by atoms with E-state index >= 15 is 0 Å². The van der Waals surface area contributed by atoms with Gasteiger partial charge in [-0.3, -0.25) is 4.79 Å². The number of hydrogen-bond acceptors (Lipinski definition) is 3. The van der Waals surface area contributed by atoms with Crippen molar-refractivity contribution in [2.45, 2.75) is 12.2 Å². The van der Waals surface area contributed by atoms with Crippen LogP contribution in [0.25, 0.3) is 10.9 Å². The van der Waals surface area contributed by atoms with E-state index in [2.05, 4.69) is 17.2 Å². The molecule has 1 unspecified atom stereocenters. The van der Waals surface area contributed by atoms with Crippen LogP contribution in [0.15, 0.2) is 24.4 Å². The van der Waals surface area contributed by atoms with Gasteiger partial charge < -0.3 is 16.0 Å². The number of benzene rings is 1. The summed E-state index contributed by atoms with van der Waals surface area (Å²) in [5.41, 5.74) is 7.98. The average Bonchev–Trinajstić information content (AvgIpc) is 2.78. The van der Waals surface area contributed by atoms with Crippen molar-refractivity contribution < 1.29 is 4.79 Å². The molecule has 0 fully saturated rings. The van der Waals surface area contributed by atoms with E-state index in [-0.39, 0.29) is 5.91 Å². The molecule has 0 radical (unpaired) electrons. The fourth-order valence-corrected chi connectivity index (χ4v) is 1.99. The summed E-state index contributed by atoms with van der Waals surface area (Å²) in [6, 6.07) is 5.51.